The zero-order valence-electron chi connectivity index (χ0n) is 14.8. The van der Waals surface area contributed by atoms with Crippen molar-refractivity contribution in [3.63, 3.8) is 0 Å². The van der Waals surface area contributed by atoms with Gasteiger partial charge in [0.2, 0.25) is 0 Å². The molecule has 0 unspecified atom stereocenters. The lowest BCUT2D eigenvalue weighted by atomic mass is 10.1. The Morgan fingerprint density at radius 3 is 1.00 bits per heavy atom. The lowest BCUT2D eigenvalue weighted by Crippen LogP contribution is -2.32. The lowest BCUT2D eigenvalue weighted by Gasteiger charge is -2.32. The predicted octanol–water partition coefficient (Wildman–Crippen LogP) is 6.35. The van der Waals surface area contributed by atoms with Gasteiger partial charge < -0.3 is 0 Å². The molecule has 0 amide bonds. The van der Waals surface area contributed by atoms with E-state index in [1.165, 1.54) is 11.1 Å². The molecule has 116 valence electrons. The van der Waals surface area contributed by atoms with Crippen molar-refractivity contribution in [3.8, 4) is 0 Å². The molecule has 2 aromatic rings. The van der Waals surface area contributed by atoms with Crippen LogP contribution in [-0.4, -0.2) is 16.1 Å². The van der Waals surface area contributed by atoms with Crippen LogP contribution in [0.3, 0.4) is 0 Å². The summed E-state index contributed by atoms with van der Waals surface area (Å²) in [4.78, 5) is 0. The van der Waals surface area contributed by atoms with Crippen LogP contribution in [-0.2, 0) is 0 Å². The minimum absolute atomic E-state index is 1.42. The number of benzene rings is 2. The molecule has 0 radical (unpaired) electrons. The van der Waals surface area contributed by atoms with Crippen LogP contribution in [0.5, 0.6) is 0 Å². The zero-order valence-corrected chi connectivity index (χ0v) is 16.8. The average Bonchev–Trinajstić information content (AvgIpc) is 2.44. The van der Waals surface area contributed by atoms with Crippen molar-refractivity contribution in [2.45, 2.75) is 39.3 Å². The van der Waals surface area contributed by atoms with Crippen molar-refractivity contribution in [3.05, 3.63) is 71.8 Å². The fraction of sp³-hybridized carbons (Fsp3) is 0.300. The molecule has 0 spiro atoms. The van der Waals surface area contributed by atoms with Gasteiger partial charge in [-0.25, -0.2) is 0 Å². The summed E-state index contributed by atoms with van der Waals surface area (Å²) in [6, 6.07) is 22.1. The third-order valence-electron chi connectivity index (χ3n) is 3.87. The van der Waals surface area contributed by atoms with Gasteiger partial charge in [0.1, 0.15) is 0 Å². The van der Waals surface area contributed by atoms with Gasteiger partial charge in [0, 0.05) is 0 Å². The highest BCUT2D eigenvalue weighted by atomic mass is 28.3. The Bertz CT molecular complexity index is 582. The Kier molecular flexibility index (Phi) is 4.93. The van der Waals surface area contributed by atoms with Gasteiger partial charge in [-0.3, -0.25) is 0 Å². The summed E-state index contributed by atoms with van der Waals surface area (Å²) < 4.78 is 0. The van der Waals surface area contributed by atoms with Gasteiger partial charge in [-0.1, -0.05) is 110 Å². The molecule has 0 saturated heterocycles. The molecule has 0 heterocycles. The van der Waals surface area contributed by atoms with E-state index >= 15 is 0 Å². The SMILES string of the molecule is C[Si](C)(C)/C(=C(/c1ccccc1)[Si](C)(C)C)c1ccccc1. The summed E-state index contributed by atoms with van der Waals surface area (Å²) in [5, 5.41) is 3.27. The van der Waals surface area contributed by atoms with Crippen LogP contribution in [0.15, 0.2) is 60.7 Å². The Morgan fingerprint density at radius 1 is 0.500 bits per heavy atom. The first-order valence-corrected chi connectivity index (χ1v) is 15.1. The Morgan fingerprint density at radius 2 is 0.773 bits per heavy atom. The molecule has 0 saturated carbocycles. The summed E-state index contributed by atoms with van der Waals surface area (Å²) >= 11 is 0. The molecule has 0 fully saturated rings. The van der Waals surface area contributed by atoms with Crippen molar-refractivity contribution in [2.75, 3.05) is 0 Å². The van der Waals surface area contributed by atoms with Crippen molar-refractivity contribution < 1.29 is 0 Å². The minimum Gasteiger partial charge on any atom is -0.0656 e. The molecule has 2 rings (SSSR count). The third kappa shape index (κ3) is 3.87. The van der Waals surface area contributed by atoms with Crippen LogP contribution in [0.4, 0.5) is 0 Å². The standard InChI is InChI=1S/C20H28Si2/c1-21(2,3)19(17-13-9-7-10-14-17)20(22(4,5)6)18-15-11-8-12-16-18/h7-16H,1-6H3/b20-19-. The first kappa shape index (κ1) is 17.0. The molecule has 22 heavy (non-hydrogen) atoms. The fourth-order valence-electron chi connectivity index (χ4n) is 3.11. The number of rotatable bonds is 4. The van der Waals surface area contributed by atoms with Crippen molar-refractivity contribution in [2.24, 2.45) is 0 Å². The molecular formula is C20H28Si2. The van der Waals surface area contributed by atoms with Crippen molar-refractivity contribution in [1.29, 1.82) is 0 Å². The minimum atomic E-state index is -1.47. The van der Waals surface area contributed by atoms with E-state index in [0.29, 0.717) is 0 Å². The summed E-state index contributed by atoms with van der Waals surface area (Å²) in [6.07, 6.45) is 0. The summed E-state index contributed by atoms with van der Waals surface area (Å²) in [5.41, 5.74) is 2.84. The molecule has 0 bridgehead atoms. The number of hydrogen-bond donors (Lipinski definition) is 0. The van der Waals surface area contributed by atoms with Gasteiger partial charge in [-0.15, -0.1) is 0 Å². The van der Waals surface area contributed by atoms with E-state index in [9.17, 15) is 0 Å². The first-order chi connectivity index (χ1) is 10.2. The highest BCUT2D eigenvalue weighted by Gasteiger charge is 2.31. The highest BCUT2D eigenvalue weighted by molar-refractivity contribution is 7.04. The van der Waals surface area contributed by atoms with Crippen LogP contribution in [0, 0.1) is 0 Å². The smallest absolute Gasteiger partial charge is 0.0656 e. The van der Waals surface area contributed by atoms with Gasteiger partial charge >= 0.3 is 0 Å². The normalized spacial score (nSPS) is 13.7. The summed E-state index contributed by atoms with van der Waals surface area (Å²) in [5.74, 6) is 0. The van der Waals surface area contributed by atoms with E-state index < -0.39 is 16.1 Å². The highest BCUT2D eigenvalue weighted by Crippen LogP contribution is 2.38. The van der Waals surface area contributed by atoms with Gasteiger partial charge in [0.25, 0.3) is 0 Å². The van der Waals surface area contributed by atoms with E-state index in [1.807, 2.05) is 0 Å². The Hall–Kier alpha value is -1.39. The second-order valence-electron chi connectivity index (χ2n) is 7.98. The molecule has 0 aromatic heterocycles. The summed E-state index contributed by atoms with van der Waals surface area (Å²) in [6.45, 7) is 14.8. The van der Waals surface area contributed by atoms with E-state index in [-0.39, 0.29) is 0 Å². The first-order valence-electron chi connectivity index (χ1n) is 8.07. The largest absolute Gasteiger partial charge is 0.0782 e. The molecule has 0 aliphatic heterocycles. The molecule has 0 atom stereocenters. The number of hydrogen-bond acceptors (Lipinski definition) is 0. The van der Waals surface area contributed by atoms with Gasteiger partial charge in [0.05, 0.1) is 16.1 Å². The zero-order chi connectivity index (χ0) is 16.4. The van der Waals surface area contributed by atoms with Gasteiger partial charge in [-0.2, -0.15) is 0 Å². The van der Waals surface area contributed by atoms with Crippen molar-refractivity contribution >= 4 is 26.5 Å². The van der Waals surface area contributed by atoms with Gasteiger partial charge in [-0.05, 0) is 11.1 Å². The molecule has 0 nitrogen and oxygen atoms in total. The van der Waals surface area contributed by atoms with Crippen molar-refractivity contribution in [1.82, 2.24) is 0 Å². The third-order valence-corrected chi connectivity index (χ3v) is 8.20. The summed E-state index contributed by atoms with van der Waals surface area (Å²) in [7, 11) is -2.94. The van der Waals surface area contributed by atoms with E-state index in [1.54, 1.807) is 10.4 Å². The molecule has 2 aromatic carbocycles. The second kappa shape index (κ2) is 6.39. The second-order valence-corrected chi connectivity index (χ2v) is 18.0. The van der Waals surface area contributed by atoms with Crippen LogP contribution in [0.25, 0.3) is 10.4 Å². The predicted molar refractivity (Wildman–Crippen MR) is 106 cm³/mol. The van der Waals surface area contributed by atoms with E-state index in [0.717, 1.165) is 0 Å². The maximum absolute atomic E-state index is 2.47. The lowest BCUT2D eigenvalue weighted by molar-refractivity contribution is 1.58. The van der Waals surface area contributed by atoms with Crippen LogP contribution in [0.2, 0.25) is 39.3 Å². The van der Waals surface area contributed by atoms with E-state index in [4.69, 9.17) is 0 Å². The molecule has 0 aliphatic rings. The maximum atomic E-state index is 2.47. The quantitative estimate of drug-likeness (QED) is 0.454. The maximum Gasteiger partial charge on any atom is 0.0782 e. The van der Waals surface area contributed by atoms with Gasteiger partial charge in [0.15, 0.2) is 0 Å². The fourth-order valence-corrected chi connectivity index (χ4v) is 9.22. The topological polar surface area (TPSA) is 0 Å². The Labute approximate surface area is 137 Å². The monoisotopic (exact) mass is 324 g/mol. The molecule has 0 aliphatic carbocycles. The Balaban J connectivity index is 2.84. The van der Waals surface area contributed by atoms with Crippen LogP contribution >= 0.6 is 0 Å². The van der Waals surface area contributed by atoms with Crippen LogP contribution < -0.4 is 0 Å². The molecular weight excluding hydrogens is 296 g/mol. The van der Waals surface area contributed by atoms with Crippen LogP contribution in [0.1, 0.15) is 11.1 Å². The molecule has 0 N–H and O–H groups in total. The van der Waals surface area contributed by atoms with E-state index in [2.05, 4.69) is 99.9 Å². The molecule has 2 heteroatoms. The average molecular weight is 325 g/mol.